The lowest BCUT2D eigenvalue weighted by molar-refractivity contribution is 0.541. The molecule has 4 heterocycles. The highest BCUT2D eigenvalue weighted by molar-refractivity contribution is 6.19. The molecule has 0 radical (unpaired) electrons. The van der Waals surface area contributed by atoms with E-state index in [1.165, 1.54) is 291 Å². The minimum atomic E-state index is 1.05. The SMILES string of the molecule is CCCCCCCCCCCCn1c2cc(/C=C/c3ccc4c5cc6c(cc5n(CCCCCCCCCCCC)c4c3)c3ccccc3n6CCCCCCCCCCCC)ccc2c2cc3c(cc21)c1ccccc1n3C. The quantitative estimate of drug-likeness (QED) is 0.0279. The van der Waals surface area contributed by atoms with Crippen LogP contribution in [0.3, 0.4) is 0 Å². The van der Waals surface area contributed by atoms with Gasteiger partial charge >= 0.3 is 0 Å². The van der Waals surface area contributed by atoms with Crippen LogP contribution in [-0.2, 0) is 26.7 Å². The van der Waals surface area contributed by atoms with Crippen molar-refractivity contribution in [2.45, 2.75) is 233 Å². The predicted octanol–water partition coefficient (Wildman–Crippen LogP) is 23.6. The van der Waals surface area contributed by atoms with E-state index in [1.54, 1.807) is 0 Å². The average molecular weight is 1060 g/mol. The summed E-state index contributed by atoms with van der Waals surface area (Å²) in [6.45, 7) is 10.1. The molecule has 0 N–H and O–H groups in total. The third kappa shape index (κ3) is 13.4. The van der Waals surface area contributed by atoms with Crippen LogP contribution in [0.4, 0.5) is 0 Å². The number of unbranched alkanes of at least 4 members (excludes halogenated alkanes) is 27. The zero-order valence-electron chi connectivity index (χ0n) is 49.7. The number of hydrogen-bond donors (Lipinski definition) is 0. The monoisotopic (exact) mass is 1050 g/mol. The molecule has 0 aliphatic rings. The van der Waals surface area contributed by atoms with Gasteiger partial charge in [-0.3, -0.25) is 0 Å². The van der Waals surface area contributed by atoms with Crippen LogP contribution < -0.4 is 0 Å². The molecule has 0 amide bonds. The molecule has 10 aromatic rings. The first kappa shape index (κ1) is 56.5. The number of aromatic nitrogens is 4. The van der Waals surface area contributed by atoms with Crippen LogP contribution in [0.2, 0.25) is 0 Å². The summed E-state index contributed by atoms with van der Waals surface area (Å²) < 4.78 is 10.4. The standard InChI is InChI=1S/C75H98N4/c1-5-8-11-14-17-20-23-26-29-36-49-77-69-42-35-33-40-61(69)66-56-75-67(57-73(66)77)63-48-46-59(53-72(63)79(75)51-38-31-28-25-22-19-16-13-10-7-3)44-43-58-45-47-62-65-54-70-64(60-39-32-34-41-68(60)76(70)4)55-74(65)78(71(62)52-58)50-37-30-27-24-21-18-15-12-9-6-2/h32-35,39-48,52-57H,5-31,36-38,49-51H2,1-4H3/b44-43+. The van der Waals surface area contributed by atoms with Gasteiger partial charge in [-0.1, -0.05) is 267 Å². The molecule has 0 atom stereocenters. The number of aryl methyl sites for hydroxylation is 4. The summed E-state index contributed by atoms with van der Waals surface area (Å²) in [6.07, 6.45) is 45.4. The average Bonchev–Trinajstić information content (AvgIpc) is 4.16. The summed E-state index contributed by atoms with van der Waals surface area (Å²) in [4.78, 5) is 0. The Hall–Kier alpha value is -5.74. The number of hydrogen-bond acceptors (Lipinski definition) is 0. The fraction of sp³-hybridized carbons (Fsp3) is 0.493. The largest absolute Gasteiger partial charge is 0.344 e. The van der Waals surface area contributed by atoms with Crippen LogP contribution in [0.25, 0.3) is 99.4 Å². The van der Waals surface area contributed by atoms with Gasteiger partial charge in [0.25, 0.3) is 0 Å². The van der Waals surface area contributed by atoms with Crippen LogP contribution in [-0.4, -0.2) is 18.3 Å². The van der Waals surface area contributed by atoms with Crippen molar-refractivity contribution in [3.8, 4) is 0 Å². The van der Waals surface area contributed by atoms with Crippen molar-refractivity contribution >= 4 is 99.4 Å². The Labute approximate surface area is 475 Å². The van der Waals surface area contributed by atoms with Gasteiger partial charge in [-0.2, -0.15) is 0 Å². The molecule has 4 nitrogen and oxygen atoms in total. The first-order valence-corrected chi connectivity index (χ1v) is 32.7. The van der Waals surface area contributed by atoms with Crippen LogP contribution in [0.15, 0.2) is 109 Å². The molecule has 6 aromatic carbocycles. The van der Waals surface area contributed by atoms with Gasteiger partial charge in [0.1, 0.15) is 0 Å². The van der Waals surface area contributed by atoms with Gasteiger partial charge < -0.3 is 18.3 Å². The third-order valence-electron chi connectivity index (χ3n) is 18.4. The Morgan fingerprint density at radius 2 is 0.532 bits per heavy atom. The number of rotatable bonds is 35. The predicted molar refractivity (Wildman–Crippen MR) is 350 cm³/mol. The fourth-order valence-corrected chi connectivity index (χ4v) is 13.8. The maximum atomic E-state index is 2.70. The highest BCUT2D eigenvalue weighted by Crippen LogP contribution is 2.40. The Morgan fingerprint density at radius 1 is 0.253 bits per heavy atom. The topological polar surface area (TPSA) is 19.7 Å². The summed E-state index contributed by atoms with van der Waals surface area (Å²) in [7, 11) is 2.23. The van der Waals surface area contributed by atoms with Crippen molar-refractivity contribution in [1.82, 2.24) is 18.3 Å². The second-order valence-corrected chi connectivity index (χ2v) is 24.3. The number of nitrogens with zero attached hydrogens (tertiary/aromatic N) is 4. The molecule has 0 saturated heterocycles. The van der Waals surface area contributed by atoms with Gasteiger partial charge in [-0.15, -0.1) is 0 Å². The zero-order valence-corrected chi connectivity index (χ0v) is 49.7. The van der Waals surface area contributed by atoms with Crippen LogP contribution >= 0.6 is 0 Å². The molecule has 4 heteroatoms. The highest BCUT2D eigenvalue weighted by atomic mass is 15.0. The van der Waals surface area contributed by atoms with Crippen LogP contribution in [0, 0.1) is 0 Å². The summed E-state index contributed by atoms with van der Waals surface area (Å²) in [5.74, 6) is 0. The zero-order chi connectivity index (χ0) is 54.2. The molecule has 4 aromatic heterocycles. The summed E-state index contributed by atoms with van der Waals surface area (Å²) in [6, 6.07) is 42.8. The normalized spacial score (nSPS) is 12.4. The second kappa shape index (κ2) is 28.6. The first-order valence-electron chi connectivity index (χ1n) is 32.7. The summed E-state index contributed by atoms with van der Waals surface area (Å²) in [5, 5.41) is 11.0. The molecule has 0 bridgehead atoms. The Morgan fingerprint density at radius 3 is 0.924 bits per heavy atom. The molecule has 0 saturated carbocycles. The van der Waals surface area contributed by atoms with Crippen LogP contribution in [0.5, 0.6) is 0 Å². The molecular formula is C75H98N4. The third-order valence-corrected chi connectivity index (χ3v) is 18.4. The molecular weight excluding hydrogens is 957 g/mol. The van der Waals surface area contributed by atoms with Crippen molar-refractivity contribution in [2.24, 2.45) is 7.05 Å². The molecule has 0 spiro atoms. The highest BCUT2D eigenvalue weighted by Gasteiger charge is 2.19. The number of fused-ring (bicyclic) bond motifs is 12. The lowest BCUT2D eigenvalue weighted by Crippen LogP contribution is -1.99. The van der Waals surface area contributed by atoms with E-state index in [-0.39, 0.29) is 0 Å². The van der Waals surface area contributed by atoms with Crippen LogP contribution in [0.1, 0.15) is 225 Å². The second-order valence-electron chi connectivity index (χ2n) is 24.3. The molecule has 0 aliphatic carbocycles. The van der Waals surface area contributed by atoms with E-state index < -0.39 is 0 Å². The van der Waals surface area contributed by atoms with Crippen molar-refractivity contribution in [1.29, 1.82) is 0 Å². The minimum Gasteiger partial charge on any atom is -0.344 e. The lowest BCUT2D eigenvalue weighted by Gasteiger charge is -2.10. The van der Waals surface area contributed by atoms with Gasteiger partial charge in [0, 0.05) is 114 Å². The maximum Gasteiger partial charge on any atom is 0.0499 e. The lowest BCUT2D eigenvalue weighted by atomic mass is 10.1. The van der Waals surface area contributed by atoms with E-state index in [0.29, 0.717) is 0 Å². The Balaban J connectivity index is 0.934. The summed E-state index contributed by atoms with van der Waals surface area (Å²) >= 11 is 0. The molecule has 0 unspecified atom stereocenters. The maximum absolute atomic E-state index is 2.70. The Kier molecular flexibility index (Phi) is 20.5. The van der Waals surface area contributed by atoms with Crippen molar-refractivity contribution in [3.63, 3.8) is 0 Å². The smallest absolute Gasteiger partial charge is 0.0499 e. The molecule has 79 heavy (non-hydrogen) atoms. The van der Waals surface area contributed by atoms with Gasteiger partial charge in [-0.25, -0.2) is 0 Å². The van der Waals surface area contributed by atoms with Gasteiger partial charge in [0.05, 0.1) is 0 Å². The van der Waals surface area contributed by atoms with Crippen molar-refractivity contribution < 1.29 is 0 Å². The fourth-order valence-electron chi connectivity index (χ4n) is 13.8. The molecule has 0 fully saturated rings. The van der Waals surface area contributed by atoms with Gasteiger partial charge in [-0.05, 0) is 78.9 Å². The van der Waals surface area contributed by atoms with E-state index in [4.69, 9.17) is 0 Å². The van der Waals surface area contributed by atoms with Crippen molar-refractivity contribution in [3.05, 3.63) is 120 Å². The van der Waals surface area contributed by atoms with E-state index in [1.807, 2.05) is 0 Å². The molecule has 418 valence electrons. The first-order chi connectivity index (χ1) is 39.1. The minimum absolute atomic E-state index is 1.05. The van der Waals surface area contributed by atoms with Gasteiger partial charge in [0.15, 0.2) is 0 Å². The van der Waals surface area contributed by atoms with Gasteiger partial charge in [0.2, 0.25) is 0 Å². The van der Waals surface area contributed by atoms with E-state index in [2.05, 4.69) is 167 Å². The van der Waals surface area contributed by atoms with E-state index in [0.717, 1.165) is 19.6 Å². The molecule has 10 rings (SSSR count). The molecule has 0 aliphatic heterocycles. The van der Waals surface area contributed by atoms with E-state index >= 15 is 0 Å². The van der Waals surface area contributed by atoms with Crippen molar-refractivity contribution in [2.75, 3.05) is 0 Å². The van der Waals surface area contributed by atoms with E-state index in [9.17, 15) is 0 Å². The number of para-hydroxylation sites is 2. The summed E-state index contributed by atoms with van der Waals surface area (Å²) in [5.41, 5.74) is 13.4. The number of benzene rings is 6. The Bertz CT molecular complexity index is 3560.